The Bertz CT molecular complexity index is 518. The van der Waals surface area contributed by atoms with Gasteiger partial charge in [0.1, 0.15) is 0 Å². The summed E-state index contributed by atoms with van der Waals surface area (Å²) in [5.74, 6) is -0.141. The molecule has 1 heterocycles. The summed E-state index contributed by atoms with van der Waals surface area (Å²) in [6.45, 7) is 2.35. The fourth-order valence-electron chi connectivity index (χ4n) is 1.46. The van der Waals surface area contributed by atoms with Gasteiger partial charge in [-0.15, -0.1) is 0 Å². The smallest absolute Gasteiger partial charge is 0.251 e. The number of furan rings is 1. The van der Waals surface area contributed by atoms with E-state index in [1.54, 1.807) is 24.7 Å². The molecule has 0 radical (unpaired) electrons. The summed E-state index contributed by atoms with van der Waals surface area (Å²) < 4.78 is 4.92. The molecule has 0 saturated heterocycles. The molecule has 0 aliphatic rings. The number of hydrogen-bond donors (Lipinski definition) is 2. The number of carbonyl (C=O) groups is 1. The molecule has 17 heavy (non-hydrogen) atoms. The Balaban J connectivity index is 2.02. The molecule has 3 N–H and O–H groups in total. The van der Waals surface area contributed by atoms with Gasteiger partial charge in [-0.25, -0.2) is 0 Å². The second-order valence-electron chi connectivity index (χ2n) is 3.89. The Morgan fingerprint density at radius 3 is 2.88 bits per heavy atom. The average Bonchev–Trinajstić information content (AvgIpc) is 2.82. The van der Waals surface area contributed by atoms with Gasteiger partial charge < -0.3 is 15.5 Å². The fourth-order valence-corrected chi connectivity index (χ4v) is 1.46. The summed E-state index contributed by atoms with van der Waals surface area (Å²) >= 11 is 0. The van der Waals surface area contributed by atoms with Gasteiger partial charge in [0.05, 0.1) is 12.5 Å². The van der Waals surface area contributed by atoms with Crippen LogP contribution in [0.4, 0.5) is 5.69 Å². The molecule has 1 aromatic heterocycles. The van der Waals surface area contributed by atoms with Crippen LogP contribution in [0.2, 0.25) is 0 Å². The molecular weight excluding hydrogens is 216 g/mol. The van der Waals surface area contributed by atoms with E-state index in [4.69, 9.17) is 10.2 Å². The Labute approximate surface area is 99.4 Å². The van der Waals surface area contributed by atoms with Crippen molar-refractivity contribution in [2.75, 3.05) is 5.73 Å². The minimum absolute atomic E-state index is 0.141. The zero-order chi connectivity index (χ0) is 12.3. The van der Waals surface area contributed by atoms with Crippen LogP contribution < -0.4 is 11.1 Å². The predicted molar refractivity (Wildman–Crippen MR) is 65.5 cm³/mol. The standard InChI is InChI=1S/C13H14N2O2/c1-9-2-3-11(6-12(9)14)13(16)15-7-10-4-5-17-8-10/h2-6,8H,7,14H2,1H3,(H,15,16). The topological polar surface area (TPSA) is 68.3 Å². The first-order valence-corrected chi connectivity index (χ1v) is 5.32. The van der Waals surface area contributed by atoms with Gasteiger partial charge in [0.2, 0.25) is 0 Å². The molecule has 0 bridgehead atoms. The largest absolute Gasteiger partial charge is 0.472 e. The normalized spacial score (nSPS) is 10.2. The number of nitrogens with one attached hydrogen (secondary N) is 1. The van der Waals surface area contributed by atoms with E-state index in [0.717, 1.165) is 11.1 Å². The van der Waals surface area contributed by atoms with Crippen molar-refractivity contribution in [1.82, 2.24) is 5.32 Å². The number of rotatable bonds is 3. The van der Waals surface area contributed by atoms with Gasteiger partial charge in [0, 0.05) is 23.4 Å². The first-order valence-electron chi connectivity index (χ1n) is 5.32. The van der Waals surface area contributed by atoms with Crippen LogP contribution in [0.3, 0.4) is 0 Å². The van der Waals surface area contributed by atoms with E-state index in [0.29, 0.717) is 17.8 Å². The SMILES string of the molecule is Cc1ccc(C(=O)NCc2ccoc2)cc1N. The van der Waals surface area contributed by atoms with Crippen molar-refractivity contribution in [3.63, 3.8) is 0 Å². The Morgan fingerprint density at radius 1 is 1.41 bits per heavy atom. The Kier molecular flexibility index (Phi) is 3.14. The number of aryl methyl sites for hydroxylation is 1. The van der Waals surface area contributed by atoms with Crippen LogP contribution in [-0.2, 0) is 6.54 Å². The van der Waals surface area contributed by atoms with Crippen LogP contribution in [0.1, 0.15) is 21.5 Å². The number of hydrogen-bond acceptors (Lipinski definition) is 3. The lowest BCUT2D eigenvalue weighted by Gasteiger charge is -2.06. The number of nitrogens with two attached hydrogens (primary N) is 1. The van der Waals surface area contributed by atoms with Crippen LogP contribution in [0.25, 0.3) is 0 Å². The highest BCUT2D eigenvalue weighted by Crippen LogP contribution is 2.12. The Hall–Kier alpha value is -2.23. The number of carbonyl (C=O) groups excluding carboxylic acids is 1. The predicted octanol–water partition coefficient (Wildman–Crippen LogP) is 2.10. The van der Waals surface area contributed by atoms with E-state index >= 15 is 0 Å². The van der Waals surface area contributed by atoms with Gasteiger partial charge in [-0.3, -0.25) is 4.79 Å². The van der Waals surface area contributed by atoms with Gasteiger partial charge in [-0.1, -0.05) is 6.07 Å². The average molecular weight is 230 g/mol. The summed E-state index contributed by atoms with van der Waals surface area (Å²) in [5.41, 5.74) is 8.84. The third-order valence-corrected chi connectivity index (χ3v) is 2.57. The maximum Gasteiger partial charge on any atom is 0.251 e. The summed E-state index contributed by atoms with van der Waals surface area (Å²) in [6, 6.07) is 7.09. The number of anilines is 1. The van der Waals surface area contributed by atoms with Crippen LogP contribution in [0.15, 0.2) is 41.2 Å². The maximum atomic E-state index is 11.8. The first-order chi connectivity index (χ1) is 8.16. The number of nitrogen functional groups attached to an aromatic ring is 1. The van der Waals surface area contributed by atoms with Gasteiger partial charge >= 0.3 is 0 Å². The molecule has 2 aromatic rings. The molecule has 1 aromatic carbocycles. The second kappa shape index (κ2) is 4.74. The summed E-state index contributed by atoms with van der Waals surface area (Å²) in [5, 5.41) is 2.79. The van der Waals surface area contributed by atoms with Crippen molar-refractivity contribution in [2.45, 2.75) is 13.5 Å². The molecule has 0 atom stereocenters. The van der Waals surface area contributed by atoms with E-state index in [1.807, 2.05) is 19.1 Å². The molecule has 0 fully saturated rings. The molecule has 4 heteroatoms. The van der Waals surface area contributed by atoms with Crippen LogP contribution in [-0.4, -0.2) is 5.91 Å². The minimum atomic E-state index is -0.141. The third-order valence-electron chi connectivity index (χ3n) is 2.57. The highest BCUT2D eigenvalue weighted by molar-refractivity contribution is 5.95. The quantitative estimate of drug-likeness (QED) is 0.793. The third kappa shape index (κ3) is 2.66. The molecule has 1 amide bonds. The molecular formula is C13H14N2O2. The zero-order valence-electron chi connectivity index (χ0n) is 9.57. The van der Waals surface area contributed by atoms with Crippen molar-refractivity contribution in [3.8, 4) is 0 Å². The van der Waals surface area contributed by atoms with E-state index in [2.05, 4.69) is 5.32 Å². The summed E-state index contributed by atoms with van der Waals surface area (Å²) in [4.78, 5) is 11.8. The van der Waals surface area contributed by atoms with Crippen molar-refractivity contribution >= 4 is 11.6 Å². The molecule has 2 rings (SSSR count). The van der Waals surface area contributed by atoms with Crippen LogP contribution in [0, 0.1) is 6.92 Å². The molecule has 4 nitrogen and oxygen atoms in total. The van der Waals surface area contributed by atoms with Crippen LogP contribution in [0.5, 0.6) is 0 Å². The molecule has 0 aliphatic heterocycles. The fraction of sp³-hybridized carbons (Fsp3) is 0.154. The monoisotopic (exact) mass is 230 g/mol. The highest BCUT2D eigenvalue weighted by Gasteiger charge is 2.06. The molecule has 0 saturated carbocycles. The number of amides is 1. The van der Waals surface area contributed by atoms with Crippen molar-refractivity contribution in [2.24, 2.45) is 0 Å². The van der Waals surface area contributed by atoms with Gasteiger partial charge in [0.15, 0.2) is 0 Å². The lowest BCUT2D eigenvalue weighted by molar-refractivity contribution is 0.0951. The lowest BCUT2D eigenvalue weighted by atomic mass is 10.1. The molecule has 0 unspecified atom stereocenters. The maximum absolute atomic E-state index is 11.8. The lowest BCUT2D eigenvalue weighted by Crippen LogP contribution is -2.22. The first kappa shape index (κ1) is 11.3. The number of benzene rings is 1. The van der Waals surface area contributed by atoms with Crippen molar-refractivity contribution in [3.05, 3.63) is 53.5 Å². The highest BCUT2D eigenvalue weighted by atomic mass is 16.3. The minimum Gasteiger partial charge on any atom is -0.472 e. The summed E-state index contributed by atoms with van der Waals surface area (Å²) in [7, 11) is 0. The zero-order valence-corrected chi connectivity index (χ0v) is 9.57. The van der Waals surface area contributed by atoms with Crippen molar-refractivity contribution < 1.29 is 9.21 Å². The van der Waals surface area contributed by atoms with E-state index in [9.17, 15) is 4.79 Å². The van der Waals surface area contributed by atoms with Gasteiger partial charge in [0.25, 0.3) is 5.91 Å². The van der Waals surface area contributed by atoms with E-state index < -0.39 is 0 Å². The van der Waals surface area contributed by atoms with Crippen LogP contribution >= 0.6 is 0 Å². The summed E-state index contributed by atoms with van der Waals surface area (Å²) in [6.07, 6.45) is 3.18. The van der Waals surface area contributed by atoms with Crippen molar-refractivity contribution in [1.29, 1.82) is 0 Å². The van der Waals surface area contributed by atoms with E-state index in [-0.39, 0.29) is 5.91 Å². The second-order valence-corrected chi connectivity index (χ2v) is 3.89. The Morgan fingerprint density at radius 2 is 2.24 bits per heavy atom. The van der Waals surface area contributed by atoms with Gasteiger partial charge in [-0.05, 0) is 30.7 Å². The van der Waals surface area contributed by atoms with Gasteiger partial charge in [-0.2, -0.15) is 0 Å². The molecule has 0 aliphatic carbocycles. The van der Waals surface area contributed by atoms with E-state index in [1.165, 1.54) is 0 Å². The molecule has 88 valence electrons. The molecule has 0 spiro atoms.